The summed E-state index contributed by atoms with van der Waals surface area (Å²) in [4.78, 5) is 18.2. The van der Waals surface area contributed by atoms with Crippen LogP contribution in [0.1, 0.15) is 23.5 Å². The van der Waals surface area contributed by atoms with E-state index in [2.05, 4.69) is 52.7 Å². The maximum Gasteiger partial charge on any atom is 0.235 e. The Kier molecular flexibility index (Phi) is 5.09. The van der Waals surface area contributed by atoms with Crippen molar-refractivity contribution in [3.8, 4) is 5.75 Å². The molecule has 5 heteroatoms. The van der Waals surface area contributed by atoms with Gasteiger partial charge in [-0.15, -0.1) is 0 Å². The topological polar surface area (TPSA) is 32.8 Å². The van der Waals surface area contributed by atoms with Crippen molar-refractivity contribution in [3.05, 3.63) is 82.6 Å². The van der Waals surface area contributed by atoms with Gasteiger partial charge in [-0.3, -0.25) is 9.69 Å². The van der Waals surface area contributed by atoms with E-state index in [1.54, 1.807) is 18.4 Å². The number of thiophene rings is 1. The number of amides is 1. The van der Waals surface area contributed by atoms with E-state index in [-0.39, 0.29) is 17.2 Å². The summed E-state index contributed by atoms with van der Waals surface area (Å²) in [5, 5.41) is 4.13. The molecular formula is C25H26N2O2S. The number of rotatable bonds is 5. The van der Waals surface area contributed by atoms with Crippen LogP contribution in [0.5, 0.6) is 5.75 Å². The van der Waals surface area contributed by atoms with Crippen molar-refractivity contribution in [2.24, 2.45) is 5.41 Å². The molecular weight excluding hydrogens is 392 g/mol. The van der Waals surface area contributed by atoms with Crippen molar-refractivity contribution in [1.82, 2.24) is 4.90 Å². The van der Waals surface area contributed by atoms with E-state index < -0.39 is 0 Å². The lowest BCUT2D eigenvalue weighted by Gasteiger charge is -2.29. The first-order valence-electron chi connectivity index (χ1n) is 10.4. The normalized spacial score (nSPS) is 24.1. The molecule has 0 N–H and O–H groups in total. The monoisotopic (exact) mass is 418 g/mol. The van der Waals surface area contributed by atoms with Crippen LogP contribution in [0.15, 0.2) is 71.4 Å². The maximum atomic E-state index is 13.8. The molecule has 2 aromatic carbocycles. The Hall–Kier alpha value is -2.63. The Morgan fingerprint density at radius 3 is 2.77 bits per heavy atom. The minimum Gasteiger partial charge on any atom is -0.497 e. The number of nitrogens with zero attached hydrogens (tertiary/aromatic N) is 2. The highest BCUT2D eigenvalue weighted by atomic mass is 32.1. The molecule has 0 unspecified atom stereocenters. The Morgan fingerprint density at radius 1 is 1.13 bits per heavy atom. The number of hydrogen-bond donors (Lipinski definition) is 0. The fraction of sp³-hybridized carbons (Fsp3) is 0.320. The van der Waals surface area contributed by atoms with Gasteiger partial charge in [-0.25, -0.2) is 0 Å². The molecule has 3 aromatic rings. The van der Waals surface area contributed by atoms with Gasteiger partial charge in [0.15, 0.2) is 0 Å². The minimum atomic E-state index is -0.359. The van der Waals surface area contributed by atoms with Crippen molar-refractivity contribution in [2.45, 2.75) is 18.9 Å². The van der Waals surface area contributed by atoms with Gasteiger partial charge in [-0.1, -0.05) is 42.5 Å². The van der Waals surface area contributed by atoms with E-state index in [9.17, 15) is 4.79 Å². The average Bonchev–Trinajstić information content (AvgIpc) is 3.50. The third kappa shape index (κ3) is 3.32. The van der Waals surface area contributed by atoms with Crippen LogP contribution in [0.25, 0.3) is 0 Å². The molecule has 2 saturated heterocycles. The highest BCUT2D eigenvalue weighted by molar-refractivity contribution is 7.08. The lowest BCUT2D eigenvalue weighted by atomic mass is 9.73. The highest BCUT2D eigenvalue weighted by Crippen LogP contribution is 2.51. The van der Waals surface area contributed by atoms with Crippen molar-refractivity contribution in [3.63, 3.8) is 0 Å². The molecule has 2 aliphatic rings. The third-order valence-electron chi connectivity index (χ3n) is 6.63. The molecule has 30 heavy (non-hydrogen) atoms. The molecule has 0 aliphatic carbocycles. The third-order valence-corrected chi connectivity index (χ3v) is 7.30. The fourth-order valence-electron chi connectivity index (χ4n) is 5.18. The van der Waals surface area contributed by atoms with E-state index in [1.165, 1.54) is 11.1 Å². The maximum absolute atomic E-state index is 13.8. The second-order valence-electron chi connectivity index (χ2n) is 8.33. The van der Waals surface area contributed by atoms with Gasteiger partial charge in [-0.2, -0.15) is 11.3 Å². The Bertz CT molecular complexity index is 1020. The first-order chi connectivity index (χ1) is 14.7. The molecule has 154 valence electrons. The Morgan fingerprint density at radius 2 is 2.00 bits per heavy atom. The van der Waals surface area contributed by atoms with Gasteiger partial charge in [0.25, 0.3) is 0 Å². The number of ether oxygens (including phenoxy) is 1. The number of benzene rings is 2. The summed E-state index contributed by atoms with van der Waals surface area (Å²) in [7, 11) is 1.70. The van der Waals surface area contributed by atoms with Gasteiger partial charge in [0.1, 0.15) is 5.75 Å². The molecule has 2 fully saturated rings. The van der Waals surface area contributed by atoms with Crippen LogP contribution < -0.4 is 9.64 Å². The predicted molar refractivity (Wildman–Crippen MR) is 121 cm³/mol. The molecule has 0 radical (unpaired) electrons. The second kappa shape index (κ2) is 7.89. The van der Waals surface area contributed by atoms with E-state index >= 15 is 0 Å². The zero-order chi connectivity index (χ0) is 20.6. The molecule has 0 saturated carbocycles. The number of carbonyl (C=O) groups excluding carboxylic acids is 1. The highest BCUT2D eigenvalue weighted by Gasteiger charge is 2.57. The summed E-state index contributed by atoms with van der Waals surface area (Å²) >= 11 is 1.65. The van der Waals surface area contributed by atoms with Crippen LogP contribution in [0.2, 0.25) is 0 Å². The van der Waals surface area contributed by atoms with Gasteiger partial charge < -0.3 is 9.64 Å². The summed E-state index contributed by atoms with van der Waals surface area (Å²) in [6.07, 6.45) is 0.899. The van der Waals surface area contributed by atoms with Crippen LogP contribution >= 0.6 is 11.3 Å². The van der Waals surface area contributed by atoms with Crippen molar-refractivity contribution >= 4 is 22.9 Å². The lowest BCUT2D eigenvalue weighted by Crippen LogP contribution is -2.39. The molecule has 5 rings (SSSR count). The van der Waals surface area contributed by atoms with Crippen LogP contribution in [-0.2, 0) is 11.3 Å². The van der Waals surface area contributed by atoms with Gasteiger partial charge in [0.2, 0.25) is 5.91 Å². The van der Waals surface area contributed by atoms with Gasteiger partial charge in [0, 0.05) is 37.5 Å². The predicted octanol–water partition coefficient (Wildman–Crippen LogP) is 4.78. The Labute approximate surface area is 181 Å². The van der Waals surface area contributed by atoms with Crippen molar-refractivity contribution in [2.75, 3.05) is 31.6 Å². The molecule has 0 bridgehead atoms. The number of anilines is 1. The van der Waals surface area contributed by atoms with E-state index in [0.717, 1.165) is 44.0 Å². The summed E-state index contributed by atoms with van der Waals surface area (Å²) in [5.41, 5.74) is 3.17. The molecule has 1 aromatic heterocycles. The number of likely N-dealkylation sites (tertiary alicyclic amines) is 1. The second-order valence-corrected chi connectivity index (χ2v) is 9.11. The summed E-state index contributed by atoms with van der Waals surface area (Å²) in [6, 6.07) is 20.9. The van der Waals surface area contributed by atoms with Crippen LogP contribution in [-0.4, -0.2) is 37.6 Å². The minimum absolute atomic E-state index is 0.209. The number of methoxy groups -OCH3 is 1. The quantitative estimate of drug-likeness (QED) is 0.598. The first kappa shape index (κ1) is 19.3. The van der Waals surface area contributed by atoms with Gasteiger partial charge >= 0.3 is 0 Å². The zero-order valence-corrected chi connectivity index (χ0v) is 18.0. The van der Waals surface area contributed by atoms with Gasteiger partial charge in [-0.05, 0) is 41.1 Å². The average molecular weight is 419 g/mol. The molecule has 3 heterocycles. The SMILES string of the molecule is COc1cccc(CN2C[C@@H](c3ccccc3)[C@@]3(CCN(c4ccsc4)C3=O)C2)c1. The summed E-state index contributed by atoms with van der Waals surface area (Å²) in [5.74, 6) is 1.37. The van der Waals surface area contributed by atoms with Crippen LogP contribution in [0.3, 0.4) is 0 Å². The molecule has 1 spiro atoms. The smallest absolute Gasteiger partial charge is 0.235 e. The van der Waals surface area contributed by atoms with Crippen molar-refractivity contribution < 1.29 is 9.53 Å². The first-order valence-corrected chi connectivity index (χ1v) is 11.4. The summed E-state index contributed by atoms with van der Waals surface area (Å²) in [6.45, 7) is 3.31. The molecule has 4 nitrogen and oxygen atoms in total. The number of hydrogen-bond acceptors (Lipinski definition) is 4. The van der Waals surface area contributed by atoms with E-state index in [1.807, 2.05) is 28.5 Å². The van der Waals surface area contributed by atoms with Gasteiger partial charge in [0.05, 0.1) is 18.2 Å². The molecule has 2 aliphatic heterocycles. The molecule has 2 atom stereocenters. The number of carbonyl (C=O) groups is 1. The summed E-state index contributed by atoms with van der Waals surface area (Å²) < 4.78 is 5.40. The lowest BCUT2D eigenvalue weighted by molar-refractivity contribution is -0.125. The van der Waals surface area contributed by atoms with Crippen molar-refractivity contribution in [1.29, 1.82) is 0 Å². The zero-order valence-electron chi connectivity index (χ0n) is 17.2. The van der Waals surface area contributed by atoms with Crippen LogP contribution in [0, 0.1) is 5.41 Å². The standard InChI is InChI=1S/C25H26N2O2S/c1-29-22-9-5-6-19(14-22)15-26-16-23(20-7-3-2-4-8-20)25(18-26)11-12-27(24(25)28)21-10-13-30-17-21/h2-10,13-14,17,23H,11-12,15-16,18H2,1H3/t23-,25+/m0/s1. The largest absolute Gasteiger partial charge is 0.497 e. The Balaban J connectivity index is 1.46. The molecule has 1 amide bonds. The van der Waals surface area contributed by atoms with E-state index in [0.29, 0.717) is 0 Å². The fourth-order valence-corrected chi connectivity index (χ4v) is 5.82. The van der Waals surface area contributed by atoms with Crippen LogP contribution in [0.4, 0.5) is 5.69 Å². The van der Waals surface area contributed by atoms with E-state index in [4.69, 9.17) is 4.74 Å².